The molecule has 4 fully saturated rings. The summed E-state index contributed by atoms with van der Waals surface area (Å²) in [6, 6.07) is 0. The highest BCUT2D eigenvalue weighted by Crippen LogP contribution is 2.54. The SMILES string of the molecule is CC(C)(C)OC(=O)NC12CC3CC(C1)C(=N)C(C3)C2. The highest BCUT2D eigenvalue weighted by molar-refractivity contribution is 5.88. The molecule has 1 amide bonds. The number of alkyl carbamates (subject to hydrolysis) is 1. The van der Waals surface area contributed by atoms with Crippen molar-refractivity contribution < 1.29 is 9.53 Å². The maximum absolute atomic E-state index is 12.0. The van der Waals surface area contributed by atoms with E-state index in [0.717, 1.165) is 37.8 Å². The van der Waals surface area contributed by atoms with E-state index in [1.54, 1.807) is 0 Å². The summed E-state index contributed by atoms with van der Waals surface area (Å²) in [5.74, 6) is 1.50. The topological polar surface area (TPSA) is 62.2 Å². The molecule has 0 spiro atoms. The van der Waals surface area contributed by atoms with Crippen LogP contribution in [0, 0.1) is 23.2 Å². The van der Waals surface area contributed by atoms with Crippen LogP contribution in [0.15, 0.2) is 0 Å². The third-order valence-electron chi connectivity index (χ3n) is 4.84. The largest absolute Gasteiger partial charge is 0.444 e. The molecule has 4 saturated carbocycles. The Kier molecular flexibility index (Phi) is 2.70. The van der Waals surface area contributed by atoms with Crippen LogP contribution in [0.5, 0.6) is 0 Å². The number of carbonyl (C=O) groups excluding carboxylic acids is 1. The van der Waals surface area contributed by atoms with Crippen LogP contribution in [0.1, 0.15) is 52.9 Å². The molecule has 0 aromatic carbocycles. The van der Waals surface area contributed by atoms with Crippen LogP contribution in [0.3, 0.4) is 0 Å². The summed E-state index contributed by atoms with van der Waals surface area (Å²) >= 11 is 0. The molecule has 0 radical (unpaired) electrons. The molecule has 4 nitrogen and oxygen atoms in total. The summed E-state index contributed by atoms with van der Waals surface area (Å²) in [7, 11) is 0. The minimum absolute atomic E-state index is 0.0939. The Morgan fingerprint density at radius 2 is 1.84 bits per heavy atom. The minimum atomic E-state index is -0.445. The first-order valence-corrected chi connectivity index (χ1v) is 7.36. The summed E-state index contributed by atoms with van der Waals surface area (Å²) in [5, 5.41) is 11.3. The number of ether oxygens (including phenoxy) is 1. The number of hydrogen-bond donors (Lipinski definition) is 2. The van der Waals surface area contributed by atoms with Crippen molar-refractivity contribution in [1.82, 2.24) is 5.32 Å². The van der Waals surface area contributed by atoms with Gasteiger partial charge in [-0.3, -0.25) is 0 Å². The van der Waals surface area contributed by atoms with E-state index in [9.17, 15) is 4.79 Å². The molecule has 0 heterocycles. The Balaban J connectivity index is 1.71. The van der Waals surface area contributed by atoms with Crippen LogP contribution in [0.2, 0.25) is 0 Å². The average Bonchev–Trinajstić information content (AvgIpc) is 2.20. The molecule has 2 unspecified atom stereocenters. The molecule has 2 atom stereocenters. The number of amides is 1. The van der Waals surface area contributed by atoms with Gasteiger partial charge in [-0.05, 0) is 70.6 Å². The molecular formula is C15H24N2O2. The molecule has 0 saturated heterocycles. The van der Waals surface area contributed by atoms with Crippen molar-refractivity contribution in [2.75, 3.05) is 0 Å². The maximum Gasteiger partial charge on any atom is 0.408 e. The van der Waals surface area contributed by atoms with E-state index in [1.165, 1.54) is 0 Å². The lowest BCUT2D eigenvalue weighted by atomic mass is 9.52. The fourth-order valence-electron chi connectivity index (χ4n) is 4.46. The van der Waals surface area contributed by atoms with E-state index in [-0.39, 0.29) is 11.6 Å². The van der Waals surface area contributed by atoms with Crippen molar-refractivity contribution in [1.29, 1.82) is 5.41 Å². The summed E-state index contributed by atoms with van der Waals surface area (Å²) < 4.78 is 5.40. The number of hydrogen-bond acceptors (Lipinski definition) is 3. The van der Waals surface area contributed by atoms with Gasteiger partial charge in [0.05, 0.1) is 0 Å². The summed E-state index contributed by atoms with van der Waals surface area (Å²) in [6.45, 7) is 5.67. The highest BCUT2D eigenvalue weighted by atomic mass is 16.6. The molecular weight excluding hydrogens is 240 g/mol. The predicted molar refractivity (Wildman–Crippen MR) is 73.4 cm³/mol. The van der Waals surface area contributed by atoms with E-state index in [1.807, 2.05) is 20.8 Å². The molecule has 4 bridgehead atoms. The molecule has 4 heteroatoms. The van der Waals surface area contributed by atoms with Crippen molar-refractivity contribution in [3.63, 3.8) is 0 Å². The van der Waals surface area contributed by atoms with Crippen LogP contribution in [0.25, 0.3) is 0 Å². The molecule has 4 aliphatic carbocycles. The van der Waals surface area contributed by atoms with E-state index < -0.39 is 5.60 Å². The van der Waals surface area contributed by atoms with Crippen molar-refractivity contribution in [3.05, 3.63) is 0 Å². The first-order valence-electron chi connectivity index (χ1n) is 7.36. The molecule has 4 rings (SSSR count). The van der Waals surface area contributed by atoms with Gasteiger partial charge in [-0.25, -0.2) is 4.79 Å². The quantitative estimate of drug-likeness (QED) is 0.764. The molecule has 2 N–H and O–H groups in total. The van der Waals surface area contributed by atoms with E-state index in [4.69, 9.17) is 10.1 Å². The van der Waals surface area contributed by atoms with Gasteiger partial charge in [-0.1, -0.05) is 0 Å². The monoisotopic (exact) mass is 264 g/mol. The smallest absolute Gasteiger partial charge is 0.408 e. The number of carbonyl (C=O) groups is 1. The van der Waals surface area contributed by atoms with Gasteiger partial charge in [-0.15, -0.1) is 0 Å². The Hall–Kier alpha value is -1.06. The lowest BCUT2D eigenvalue weighted by Crippen LogP contribution is -2.62. The molecule has 0 aromatic rings. The fraction of sp³-hybridized carbons (Fsp3) is 0.867. The van der Waals surface area contributed by atoms with Crippen LogP contribution in [0.4, 0.5) is 4.79 Å². The van der Waals surface area contributed by atoms with Gasteiger partial charge in [0.15, 0.2) is 0 Å². The van der Waals surface area contributed by atoms with E-state index in [0.29, 0.717) is 17.8 Å². The van der Waals surface area contributed by atoms with Crippen molar-refractivity contribution in [2.45, 2.75) is 64.0 Å². The Bertz CT molecular complexity index is 406. The lowest BCUT2D eigenvalue weighted by molar-refractivity contribution is 0.0173. The van der Waals surface area contributed by atoms with Crippen molar-refractivity contribution >= 4 is 11.8 Å². The zero-order chi connectivity index (χ0) is 13.8. The second-order valence-corrected chi connectivity index (χ2v) is 7.71. The first kappa shape index (κ1) is 12.9. The fourth-order valence-corrected chi connectivity index (χ4v) is 4.46. The summed E-state index contributed by atoms with van der Waals surface area (Å²) in [5.41, 5.74) is 0.403. The second kappa shape index (κ2) is 3.97. The van der Waals surface area contributed by atoms with Gasteiger partial charge in [0.25, 0.3) is 0 Å². The minimum Gasteiger partial charge on any atom is -0.444 e. The molecule has 0 aliphatic heterocycles. The zero-order valence-electron chi connectivity index (χ0n) is 12.1. The normalized spacial score (nSPS) is 40.4. The average molecular weight is 264 g/mol. The molecule has 19 heavy (non-hydrogen) atoms. The van der Waals surface area contributed by atoms with Crippen LogP contribution in [-0.2, 0) is 4.74 Å². The van der Waals surface area contributed by atoms with Gasteiger partial charge in [0, 0.05) is 11.3 Å². The Morgan fingerprint density at radius 1 is 1.26 bits per heavy atom. The second-order valence-electron chi connectivity index (χ2n) is 7.71. The van der Waals surface area contributed by atoms with Crippen molar-refractivity contribution in [2.24, 2.45) is 17.8 Å². The van der Waals surface area contributed by atoms with Crippen LogP contribution in [-0.4, -0.2) is 22.9 Å². The third kappa shape index (κ3) is 2.37. The van der Waals surface area contributed by atoms with Gasteiger partial charge in [0.1, 0.15) is 5.60 Å². The van der Waals surface area contributed by atoms with Gasteiger partial charge < -0.3 is 15.5 Å². The molecule has 0 aromatic heterocycles. The van der Waals surface area contributed by atoms with E-state index >= 15 is 0 Å². The van der Waals surface area contributed by atoms with Crippen LogP contribution < -0.4 is 5.32 Å². The Morgan fingerprint density at radius 3 is 2.37 bits per heavy atom. The van der Waals surface area contributed by atoms with Gasteiger partial charge in [-0.2, -0.15) is 0 Å². The summed E-state index contributed by atoms with van der Waals surface area (Å²) in [4.78, 5) is 12.0. The van der Waals surface area contributed by atoms with E-state index in [2.05, 4.69) is 5.32 Å². The Labute approximate surface area is 114 Å². The third-order valence-corrected chi connectivity index (χ3v) is 4.84. The molecule has 4 aliphatic rings. The van der Waals surface area contributed by atoms with Gasteiger partial charge in [0.2, 0.25) is 0 Å². The van der Waals surface area contributed by atoms with Gasteiger partial charge >= 0.3 is 6.09 Å². The zero-order valence-corrected chi connectivity index (χ0v) is 12.1. The first-order chi connectivity index (χ1) is 8.76. The standard InChI is InChI=1S/C15H24N2O2/c1-14(2,3)19-13(18)17-15-6-9-4-10(7-15)12(16)11(5-9)8-15/h9-11,16H,4-8H2,1-3H3,(H,17,18). The summed E-state index contributed by atoms with van der Waals surface area (Å²) in [6.07, 6.45) is 4.99. The number of nitrogens with one attached hydrogen (secondary N) is 2. The number of rotatable bonds is 1. The van der Waals surface area contributed by atoms with Crippen LogP contribution >= 0.6 is 0 Å². The maximum atomic E-state index is 12.0. The predicted octanol–water partition coefficient (Wildman–Crippen LogP) is 3.11. The van der Waals surface area contributed by atoms with Crippen molar-refractivity contribution in [3.8, 4) is 0 Å². The highest BCUT2D eigenvalue weighted by Gasteiger charge is 2.54. The molecule has 106 valence electrons. The lowest BCUT2D eigenvalue weighted by Gasteiger charge is -2.56.